The molecule has 2 aliphatic rings. The third-order valence-corrected chi connectivity index (χ3v) is 4.45. The van der Waals surface area contributed by atoms with Crippen LogP contribution in [0.1, 0.15) is 12.1 Å². The maximum absolute atomic E-state index is 12.4. The van der Waals surface area contributed by atoms with Gasteiger partial charge in [-0.2, -0.15) is 13.9 Å². The van der Waals surface area contributed by atoms with Crippen molar-refractivity contribution in [2.75, 3.05) is 18.8 Å². The van der Waals surface area contributed by atoms with Crippen molar-refractivity contribution in [1.82, 2.24) is 20.1 Å². The Balaban J connectivity index is 0.00000156. The molecule has 0 radical (unpaired) electrons. The Morgan fingerprint density at radius 3 is 2.78 bits per heavy atom. The highest BCUT2D eigenvalue weighted by atomic mass is 35.5. The van der Waals surface area contributed by atoms with Crippen LogP contribution in [-0.4, -0.2) is 34.5 Å². The Morgan fingerprint density at radius 1 is 1.35 bits per heavy atom. The predicted molar refractivity (Wildman–Crippen MR) is 82.9 cm³/mol. The van der Waals surface area contributed by atoms with E-state index in [1.54, 1.807) is 0 Å². The zero-order valence-electron chi connectivity index (χ0n) is 12.1. The summed E-state index contributed by atoms with van der Waals surface area (Å²) in [5.74, 6) is -0.184. The van der Waals surface area contributed by atoms with Crippen LogP contribution in [0.15, 0.2) is 18.3 Å². The summed E-state index contributed by atoms with van der Waals surface area (Å²) in [6, 6.07) is 3.46. The Labute approximate surface area is 137 Å². The first kappa shape index (κ1) is 15.9. The van der Waals surface area contributed by atoms with Gasteiger partial charge in [-0.1, -0.05) is 0 Å². The summed E-state index contributed by atoms with van der Waals surface area (Å²) in [5, 5.41) is 7.85. The highest BCUT2D eigenvalue weighted by Gasteiger charge is 2.45. The number of anilines is 1. The van der Waals surface area contributed by atoms with Gasteiger partial charge in [-0.25, -0.2) is 4.98 Å². The summed E-state index contributed by atoms with van der Waals surface area (Å²) in [6.07, 6.45) is 2.61. The number of nitrogens with two attached hydrogens (primary N) is 1. The number of alkyl halides is 2. The SMILES string of the molecule is Cl.Nc1ncc(-c2cc3n(n2)CCC32CNC2)cc1OC(F)F. The normalized spacial score (nSPS) is 17.7. The molecule has 0 saturated carbocycles. The minimum absolute atomic E-state index is 0. The highest BCUT2D eigenvalue weighted by Crippen LogP contribution is 2.40. The summed E-state index contributed by atoms with van der Waals surface area (Å²) < 4.78 is 31.2. The Bertz CT molecular complexity index is 732. The fraction of sp³-hybridized carbons (Fsp3) is 0.429. The van der Waals surface area contributed by atoms with Crippen molar-refractivity contribution >= 4 is 18.2 Å². The van der Waals surface area contributed by atoms with E-state index in [4.69, 9.17) is 5.73 Å². The lowest BCUT2D eigenvalue weighted by molar-refractivity contribution is -0.0494. The van der Waals surface area contributed by atoms with E-state index in [2.05, 4.69) is 20.1 Å². The molecule has 4 rings (SSSR count). The topological polar surface area (TPSA) is 78.0 Å². The molecule has 6 nitrogen and oxygen atoms in total. The molecule has 124 valence electrons. The number of nitrogen functional groups attached to an aromatic ring is 1. The van der Waals surface area contributed by atoms with Gasteiger partial charge in [0.1, 0.15) is 0 Å². The highest BCUT2D eigenvalue weighted by molar-refractivity contribution is 5.85. The van der Waals surface area contributed by atoms with E-state index < -0.39 is 6.61 Å². The molecular weight excluding hydrogens is 328 g/mol. The third-order valence-electron chi connectivity index (χ3n) is 4.45. The molecule has 0 aromatic carbocycles. The van der Waals surface area contributed by atoms with Gasteiger partial charge in [0.25, 0.3) is 0 Å². The van der Waals surface area contributed by atoms with Crippen LogP contribution < -0.4 is 15.8 Å². The van der Waals surface area contributed by atoms with Crippen molar-refractivity contribution in [2.24, 2.45) is 0 Å². The van der Waals surface area contributed by atoms with Gasteiger partial charge >= 0.3 is 6.61 Å². The Hall–Kier alpha value is -1.93. The first-order valence-corrected chi connectivity index (χ1v) is 7.07. The van der Waals surface area contributed by atoms with Gasteiger partial charge < -0.3 is 15.8 Å². The number of nitrogens with one attached hydrogen (secondary N) is 1. The molecule has 1 saturated heterocycles. The summed E-state index contributed by atoms with van der Waals surface area (Å²) in [6.45, 7) is -0.147. The first-order chi connectivity index (χ1) is 10.6. The number of nitrogens with zero attached hydrogens (tertiary/aromatic N) is 3. The van der Waals surface area contributed by atoms with Crippen LogP contribution in [0, 0.1) is 0 Å². The van der Waals surface area contributed by atoms with E-state index in [9.17, 15) is 8.78 Å². The van der Waals surface area contributed by atoms with E-state index in [1.807, 2.05) is 10.7 Å². The molecule has 2 aromatic heterocycles. The van der Waals surface area contributed by atoms with Gasteiger partial charge in [0.05, 0.1) is 5.69 Å². The lowest BCUT2D eigenvalue weighted by Crippen LogP contribution is -2.55. The molecule has 4 heterocycles. The van der Waals surface area contributed by atoms with Crippen LogP contribution in [0.5, 0.6) is 5.75 Å². The minimum atomic E-state index is -2.93. The van der Waals surface area contributed by atoms with Crippen LogP contribution in [0.4, 0.5) is 14.6 Å². The molecule has 2 aliphatic heterocycles. The number of halogens is 3. The molecular formula is C14H16ClF2N5O. The maximum Gasteiger partial charge on any atom is 0.387 e. The zero-order chi connectivity index (χ0) is 15.3. The van der Waals surface area contributed by atoms with Gasteiger partial charge in [-0.05, 0) is 18.6 Å². The van der Waals surface area contributed by atoms with Crippen molar-refractivity contribution in [1.29, 1.82) is 0 Å². The summed E-state index contributed by atoms with van der Waals surface area (Å²) in [5.41, 5.74) is 8.24. The summed E-state index contributed by atoms with van der Waals surface area (Å²) >= 11 is 0. The molecule has 0 aliphatic carbocycles. The second-order valence-electron chi connectivity index (χ2n) is 5.76. The molecule has 23 heavy (non-hydrogen) atoms. The molecule has 1 fully saturated rings. The second kappa shape index (κ2) is 5.61. The van der Waals surface area contributed by atoms with Crippen LogP contribution in [0.25, 0.3) is 11.3 Å². The van der Waals surface area contributed by atoms with Gasteiger partial charge in [0.2, 0.25) is 0 Å². The number of ether oxygens (including phenoxy) is 1. The Kier molecular flexibility index (Phi) is 3.89. The monoisotopic (exact) mass is 343 g/mol. The summed E-state index contributed by atoms with van der Waals surface area (Å²) in [4.78, 5) is 3.92. The fourth-order valence-corrected chi connectivity index (χ4v) is 3.17. The predicted octanol–water partition coefficient (Wildman–Crippen LogP) is 1.80. The van der Waals surface area contributed by atoms with E-state index in [-0.39, 0.29) is 29.4 Å². The van der Waals surface area contributed by atoms with Crippen molar-refractivity contribution in [3.8, 4) is 17.0 Å². The van der Waals surface area contributed by atoms with Crippen molar-refractivity contribution in [3.05, 3.63) is 24.0 Å². The smallest absolute Gasteiger partial charge is 0.387 e. The van der Waals surface area contributed by atoms with E-state index >= 15 is 0 Å². The first-order valence-electron chi connectivity index (χ1n) is 7.07. The summed E-state index contributed by atoms with van der Waals surface area (Å²) in [7, 11) is 0. The second-order valence-corrected chi connectivity index (χ2v) is 5.76. The number of hydrogen-bond acceptors (Lipinski definition) is 5. The van der Waals surface area contributed by atoms with Crippen LogP contribution >= 0.6 is 12.4 Å². The number of fused-ring (bicyclic) bond motifs is 2. The maximum atomic E-state index is 12.4. The minimum Gasteiger partial charge on any atom is -0.431 e. The number of aromatic nitrogens is 3. The number of aryl methyl sites for hydroxylation is 1. The van der Waals surface area contributed by atoms with Crippen molar-refractivity contribution in [3.63, 3.8) is 0 Å². The van der Waals surface area contributed by atoms with Crippen LogP contribution in [-0.2, 0) is 12.0 Å². The number of pyridine rings is 1. The molecule has 2 aromatic rings. The average Bonchev–Trinajstić information content (AvgIpc) is 2.97. The van der Waals surface area contributed by atoms with Crippen LogP contribution in [0.2, 0.25) is 0 Å². The molecule has 0 amide bonds. The fourth-order valence-electron chi connectivity index (χ4n) is 3.17. The lowest BCUT2D eigenvalue weighted by atomic mass is 9.77. The third kappa shape index (κ3) is 2.51. The van der Waals surface area contributed by atoms with Gasteiger partial charge in [-0.3, -0.25) is 4.68 Å². The van der Waals surface area contributed by atoms with Gasteiger partial charge in [-0.15, -0.1) is 12.4 Å². The van der Waals surface area contributed by atoms with Crippen molar-refractivity contribution < 1.29 is 13.5 Å². The molecule has 0 atom stereocenters. The molecule has 3 N–H and O–H groups in total. The number of hydrogen-bond donors (Lipinski definition) is 2. The largest absolute Gasteiger partial charge is 0.431 e. The van der Waals surface area contributed by atoms with Gasteiger partial charge in [0, 0.05) is 42.5 Å². The van der Waals surface area contributed by atoms with Gasteiger partial charge in [0.15, 0.2) is 11.6 Å². The molecule has 0 unspecified atom stereocenters. The lowest BCUT2D eigenvalue weighted by Gasteiger charge is -2.38. The average molecular weight is 344 g/mol. The van der Waals surface area contributed by atoms with Crippen molar-refractivity contribution in [2.45, 2.75) is 25.0 Å². The number of rotatable bonds is 3. The standard InChI is InChI=1S/C14H15F2N5O.ClH/c15-13(16)22-10-3-8(5-19-12(10)17)9-4-11-14(6-18-7-14)1-2-21(11)20-9;/h3-5,13,18H,1-2,6-7H2,(H2,17,19);1H. The molecule has 9 heteroatoms. The quantitative estimate of drug-likeness (QED) is 0.888. The van der Waals surface area contributed by atoms with E-state index in [1.165, 1.54) is 18.0 Å². The zero-order valence-corrected chi connectivity index (χ0v) is 12.9. The molecule has 0 bridgehead atoms. The van der Waals surface area contributed by atoms with E-state index in [0.29, 0.717) is 11.3 Å². The Morgan fingerprint density at radius 2 is 2.13 bits per heavy atom. The molecule has 1 spiro atoms. The van der Waals surface area contributed by atoms with Crippen LogP contribution in [0.3, 0.4) is 0 Å². The van der Waals surface area contributed by atoms with E-state index in [0.717, 1.165) is 26.1 Å².